The van der Waals surface area contributed by atoms with Gasteiger partial charge in [0.2, 0.25) is 0 Å². The van der Waals surface area contributed by atoms with Crippen LogP contribution in [0.1, 0.15) is 5.56 Å². The molecule has 0 aliphatic carbocycles. The number of phenols is 1. The van der Waals surface area contributed by atoms with Gasteiger partial charge < -0.3 is 20.3 Å². The fourth-order valence-corrected chi connectivity index (χ4v) is 1.96. The van der Waals surface area contributed by atoms with Crippen LogP contribution in [0.5, 0.6) is 11.5 Å². The maximum atomic E-state index is 10.4. The number of aromatic hydroxyl groups is 1. The lowest BCUT2D eigenvalue weighted by Gasteiger charge is -2.13. The minimum absolute atomic E-state index is 0.0751. The van der Waals surface area contributed by atoms with Crippen molar-refractivity contribution >= 4 is 6.09 Å². The Hall–Kier alpha value is -3.20. The summed E-state index contributed by atoms with van der Waals surface area (Å²) >= 11 is 0. The zero-order valence-electron chi connectivity index (χ0n) is 11.6. The summed E-state index contributed by atoms with van der Waals surface area (Å²) < 4.78 is 5.55. The first-order valence-corrected chi connectivity index (χ1v) is 6.54. The molecule has 0 fully saturated rings. The highest BCUT2D eigenvalue weighted by Gasteiger charge is 2.11. The van der Waals surface area contributed by atoms with Gasteiger partial charge in [-0.25, -0.2) is 4.79 Å². The Morgan fingerprint density at radius 2 is 2.00 bits per heavy atom. The molecule has 0 radical (unpaired) electrons. The normalized spacial score (nSPS) is 9.77. The molecule has 0 unspecified atom stereocenters. The molecule has 22 heavy (non-hydrogen) atoms. The third-order valence-electron chi connectivity index (χ3n) is 2.94. The molecule has 112 valence electrons. The predicted octanol–water partition coefficient (Wildman–Crippen LogP) is 2.58. The van der Waals surface area contributed by atoms with Crippen molar-refractivity contribution in [3.8, 4) is 28.7 Å². The Morgan fingerprint density at radius 3 is 2.68 bits per heavy atom. The van der Waals surface area contributed by atoms with Crippen LogP contribution in [-0.2, 0) is 0 Å². The quantitative estimate of drug-likeness (QED) is 0.736. The van der Waals surface area contributed by atoms with E-state index in [9.17, 15) is 9.90 Å². The van der Waals surface area contributed by atoms with E-state index in [1.54, 1.807) is 42.5 Å². The summed E-state index contributed by atoms with van der Waals surface area (Å²) in [6, 6.07) is 13.6. The second-order valence-electron chi connectivity index (χ2n) is 4.42. The van der Waals surface area contributed by atoms with Crippen molar-refractivity contribution in [2.75, 3.05) is 13.2 Å². The Bertz CT molecular complexity index is 722. The average molecular weight is 298 g/mol. The summed E-state index contributed by atoms with van der Waals surface area (Å²) in [5.41, 5.74) is 1.56. The highest BCUT2D eigenvalue weighted by molar-refractivity contribution is 5.76. The van der Waals surface area contributed by atoms with Crippen molar-refractivity contribution in [1.29, 1.82) is 5.26 Å². The van der Waals surface area contributed by atoms with Gasteiger partial charge >= 0.3 is 6.09 Å². The van der Waals surface area contributed by atoms with E-state index in [0.717, 1.165) is 0 Å². The molecule has 0 bridgehead atoms. The number of para-hydroxylation sites is 1. The molecule has 1 amide bonds. The molecule has 6 heteroatoms. The summed E-state index contributed by atoms with van der Waals surface area (Å²) in [6.07, 6.45) is -1.12. The summed E-state index contributed by atoms with van der Waals surface area (Å²) in [7, 11) is 0. The van der Waals surface area contributed by atoms with Gasteiger partial charge in [-0.15, -0.1) is 0 Å². The minimum Gasteiger partial charge on any atom is -0.507 e. The van der Waals surface area contributed by atoms with E-state index in [0.29, 0.717) is 22.4 Å². The van der Waals surface area contributed by atoms with Crippen LogP contribution < -0.4 is 10.1 Å². The van der Waals surface area contributed by atoms with Crippen LogP contribution in [0.25, 0.3) is 11.1 Å². The van der Waals surface area contributed by atoms with Gasteiger partial charge in [0.05, 0.1) is 18.2 Å². The molecule has 0 aromatic heterocycles. The van der Waals surface area contributed by atoms with Crippen molar-refractivity contribution in [1.82, 2.24) is 5.32 Å². The number of nitrogens with one attached hydrogen (secondary N) is 1. The Balaban J connectivity index is 2.28. The molecule has 2 rings (SSSR count). The number of carbonyl (C=O) groups is 1. The van der Waals surface area contributed by atoms with Gasteiger partial charge in [0.25, 0.3) is 0 Å². The van der Waals surface area contributed by atoms with Crippen molar-refractivity contribution in [3.05, 3.63) is 48.0 Å². The van der Waals surface area contributed by atoms with Crippen LogP contribution in [0, 0.1) is 11.3 Å². The first-order chi connectivity index (χ1) is 10.6. The molecule has 0 saturated carbocycles. The van der Waals surface area contributed by atoms with Crippen LogP contribution in [0.2, 0.25) is 0 Å². The van der Waals surface area contributed by atoms with E-state index in [-0.39, 0.29) is 18.9 Å². The second kappa shape index (κ2) is 6.99. The lowest BCUT2D eigenvalue weighted by molar-refractivity contribution is 0.191. The predicted molar refractivity (Wildman–Crippen MR) is 79.8 cm³/mol. The summed E-state index contributed by atoms with van der Waals surface area (Å²) in [6.45, 7) is 0.272. The molecular formula is C16H14N2O4. The van der Waals surface area contributed by atoms with Crippen LogP contribution in [0.4, 0.5) is 4.79 Å². The number of carboxylic acid groups (broad SMARTS) is 1. The van der Waals surface area contributed by atoms with E-state index in [1.165, 1.54) is 0 Å². The Kier molecular flexibility index (Phi) is 4.83. The monoisotopic (exact) mass is 298 g/mol. The Labute approximate surface area is 127 Å². The molecule has 0 heterocycles. The molecule has 0 saturated heterocycles. The maximum Gasteiger partial charge on any atom is 0.404 e. The number of phenolic OH excluding ortho intramolecular Hbond substituents is 1. The summed E-state index contributed by atoms with van der Waals surface area (Å²) in [4.78, 5) is 10.4. The smallest absolute Gasteiger partial charge is 0.404 e. The maximum absolute atomic E-state index is 10.4. The highest BCUT2D eigenvalue weighted by atomic mass is 16.5. The molecule has 2 aromatic carbocycles. The zero-order valence-corrected chi connectivity index (χ0v) is 11.6. The fourth-order valence-electron chi connectivity index (χ4n) is 1.96. The van der Waals surface area contributed by atoms with Gasteiger partial charge in [-0.2, -0.15) is 5.26 Å². The number of benzene rings is 2. The number of nitriles is 1. The molecule has 0 atom stereocenters. The fraction of sp³-hybridized carbons (Fsp3) is 0.125. The van der Waals surface area contributed by atoms with Gasteiger partial charge in [-0.1, -0.05) is 18.2 Å². The minimum atomic E-state index is -1.12. The largest absolute Gasteiger partial charge is 0.507 e. The molecule has 2 aromatic rings. The summed E-state index contributed by atoms with van der Waals surface area (Å²) in [5, 5.41) is 29.7. The van der Waals surface area contributed by atoms with E-state index in [4.69, 9.17) is 15.1 Å². The van der Waals surface area contributed by atoms with Crippen molar-refractivity contribution < 1.29 is 19.7 Å². The van der Waals surface area contributed by atoms with Crippen LogP contribution >= 0.6 is 0 Å². The van der Waals surface area contributed by atoms with E-state index < -0.39 is 6.09 Å². The van der Waals surface area contributed by atoms with Crippen LogP contribution in [0.15, 0.2) is 42.5 Å². The van der Waals surface area contributed by atoms with Crippen molar-refractivity contribution in [2.45, 2.75) is 0 Å². The van der Waals surface area contributed by atoms with E-state index >= 15 is 0 Å². The number of hydrogen-bond acceptors (Lipinski definition) is 4. The lowest BCUT2D eigenvalue weighted by atomic mass is 10.0. The summed E-state index contributed by atoms with van der Waals surface area (Å²) in [5.74, 6) is 0.541. The van der Waals surface area contributed by atoms with Crippen LogP contribution in [0.3, 0.4) is 0 Å². The first-order valence-electron chi connectivity index (χ1n) is 6.54. The number of nitrogens with zero attached hydrogens (tertiary/aromatic N) is 1. The third kappa shape index (κ3) is 3.67. The molecule has 0 spiro atoms. The number of amides is 1. The van der Waals surface area contributed by atoms with Gasteiger partial charge in [0, 0.05) is 11.1 Å². The Morgan fingerprint density at radius 1 is 1.23 bits per heavy atom. The van der Waals surface area contributed by atoms with Crippen molar-refractivity contribution in [3.63, 3.8) is 0 Å². The van der Waals surface area contributed by atoms with Gasteiger partial charge in [-0.05, 0) is 24.3 Å². The van der Waals surface area contributed by atoms with Gasteiger partial charge in [-0.3, -0.25) is 0 Å². The lowest BCUT2D eigenvalue weighted by Crippen LogP contribution is -2.26. The first kappa shape index (κ1) is 15.2. The topological polar surface area (TPSA) is 103 Å². The van der Waals surface area contributed by atoms with Crippen molar-refractivity contribution in [2.24, 2.45) is 0 Å². The number of rotatable bonds is 5. The highest BCUT2D eigenvalue weighted by Crippen LogP contribution is 2.36. The van der Waals surface area contributed by atoms with Gasteiger partial charge in [0.1, 0.15) is 18.1 Å². The van der Waals surface area contributed by atoms with Crippen LogP contribution in [-0.4, -0.2) is 29.5 Å². The molecule has 3 N–H and O–H groups in total. The molecule has 0 aliphatic rings. The van der Waals surface area contributed by atoms with Gasteiger partial charge in [0.15, 0.2) is 0 Å². The van der Waals surface area contributed by atoms with E-state index in [1.807, 2.05) is 6.07 Å². The number of hydrogen-bond donors (Lipinski definition) is 3. The molecular weight excluding hydrogens is 284 g/mol. The second-order valence-corrected chi connectivity index (χ2v) is 4.42. The standard InChI is InChI=1S/C16H14N2O4/c17-10-11-5-6-15(22-8-7-18-16(20)21)13(9-11)12-3-1-2-4-14(12)19/h1-6,9,18-19H,7-8H2,(H,20,21). The SMILES string of the molecule is N#Cc1ccc(OCCNC(=O)O)c(-c2ccccc2O)c1. The molecule has 6 nitrogen and oxygen atoms in total. The molecule has 0 aliphatic heterocycles. The average Bonchev–Trinajstić information content (AvgIpc) is 2.52. The third-order valence-corrected chi connectivity index (χ3v) is 2.94. The number of ether oxygens (including phenoxy) is 1. The zero-order chi connectivity index (χ0) is 15.9. The van der Waals surface area contributed by atoms with E-state index in [2.05, 4.69) is 5.32 Å².